The van der Waals surface area contributed by atoms with Crippen LogP contribution in [0.4, 0.5) is 5.69 Å². The van der Waals surface area contributed by atoms with Gasteiger partial charge in [0.2, 0.25) is 0 Å². The van der Waals surface area contributed by atoms with E-state index in [1.165, 1.54) is 0 Å². The number of anilines is 1. The van der Waals surface area contributed by atoms with Gasteiger partial charge in [-0.1, -0.05) is 0 Å². The lowest BCUT2D eigenvalue weighted by Gasteiger charge is -2.43. The van der Waals surface area contributed by atoms with Gasteiger partial charge in [-0.05, 0) is 31.2 Å². The zero-order valence-electron chi connectivity index (χ0n) is 14.7. The quantitative estimate of drug-likeness (QED) is 0.851. The molecule has 134 valence electrons. The summed E-state index contributed by atoms with van der Waals surface area (Å²) >= 11 is 0. The van der Waals surface area contributed by atoms with Gasteiger partial charge >= 0.3 is 0 Å². The molecule has 2 saturated heterocycles. The van der Waals surface area contributed by atoms with E-state index >= 15 is 0 Å². The van der Waals surface area contributed by atoms with Crippen LogP contribution in [0, 0.1) is 6.92 Å². The highest BCUT2D eigenvalue weighted by atomic mass is 16.5. The van der Waals surface area contributed by atoms with Crippen LogP contribution in [0.25, 0.3) is 0 Å². The molecule has 0 saturated carbocycles. The minimum atomic E-state index is -0.313. The molecule has 6 heteroatoms. The number of hydrogen-bond donors (Lipinski definition) is 0. The molecule has 4 rings (SSSR count). The summed E-state index contributed by atoms with van der Waals surface area (Å²) in [6.07, 6.45) is 3.71. The highest BCUT2D eigenvalue weighted by molar-refractivity contribution is 5.44. The van der Waals surface area contributed by atoms with Gasteiger partial charge in [-0.25, -0.2) is 0 Å². The van der Waals surface area contributed by atoms with Gasteiger partial charge in [-0.15, -0.1) is 0 Å². The number of hydrogen-bond acceptors (Lipinski definition) is 6. The summed E-state index contributed by atoms with van der Waals surface area (Å²) in [5.41, 5.74) is 0.807. The number of ether oxygens (including phenoxy) is 2. The van der Waals surface area contributed by atoms with Gasteiger partial charge in [0, 0.05) is 25.8 Å². The third kappa shape index (κ3) is 3.86. The first-order valence-electron chi connectivity index (χ1n) is 8.87. The van der Waals surface area contributed by atoms with Crippen molar-refractivity contribution in [2.45, 2.75) is 19.1 Å². The second-order valence-corrected chi connectivity index (χ2v) is 6.94. The van der Waals surface area contributed by atoms with Crippen LogP contribution in [0.5, 0.6) is 0 Å². The molecular weight excluding hydrogens is 318 g/mol. The fourth-order valence-corrected chi connectivity index (χ4v) is 3.70. The molecule has 25 heavy (non-hydrogen) atoms. The highest BCUT2D eigenvalue weighted by Gasteiger charge is 2.40. The average Bonchev–Trinajstić information content (AvgIpc) is 2.92. The van der Waals surface area contributed by atoms with E-state index in [0.29, 0.717) is 19.8 Å². The van der Waals surface area contributed by atoms with E-state index in [1.807, 2.05) is 25.3 Å². The summed E-state index contributed by atoms with van der Waals surface area (Å²) in [6.45, 7) is 8.25. The van der Waals surface area contributed by atoms with Crippen molar-refractivity contribution in [3.63, 3.8) is 0 Å². The van der Waals surface area contributed by atoms with Crippen molar-refractivity contribution < 1.29 is 13.9 Å². The molecule has 1 atom stereocenters. The number of furan rings is 1. The van der Waals surface area contributed by atoms with Crippen molar-refractivity contribution >= 4 is 5.69 Å². The van der Waals surface area contributed by atoms with Gasteiger partial charge in [0.25, 0.3) is 0 Å². The monoisotopic (exact) mass is 343 g/mol. The third-order valence-corrected chi connectivity index (χ3v) is 4.86. The molecular formula is C19H25N3O3. The SMILES string of the molecule is Cc1ccc(CN2CCOC3(COCCN(c4cccnc4)C3)C2)o1. The number of morpholine rings is 1. The van der Waals surface area contributed by atoms with Gasteiger partial charge in [-0.2, -0.15) is 0 Å². The minimum Gasteiger partial charge on any atom is -0.465 e. The molecule has 2 aromatic rings. The number of nitrogens with zero attached hydrogens (tertiary/aromatic N) is 3. The molecule has 0 bridgehead atoms. The first kappa shape index (κ1) is 16.6. The van der Waals surface area contributed by atoms with E-state index in [4.69, 9.17) is 13.9 Å². The van der Waals surface area contributed by atoms with Crippen LogP contribution in [0.1, 0.15) is 11.5 Å². The molecule has 0 radical (unpaired) electrons. The topological polar surface area (TPSA) is 51.0 Å². The summed E-state index contributed by atoms with van der Waals surface area (Å²) in [5.74, 6) is 1.96. The van der Waals surface area contributed by atoms with E-state index in [1.54, 1.807) is 6.20 Å². The molecule has 4 heterocycles. The fourth-order valence-electron chi connectivity index (χ4n) is 3.70. The molecule has 0 N–H and O–H groups in total. The summed E-state index contributed by atoms with van der Waals surface area (Å²) in [5, 5.41) is 0. The lowest BCUT2D eigenvalue weighted by Crippen LogP contribution is -2.58. The van der Waals surface area contributed by atoms with E-state index in [2.05, 4.69) is 26.9 Å². The molecule has 0 aromatic carbocycles. The maximum absolute atomic E-state index is 6.25. The third-order valence-electron chi connectivity index (χ3n) is 4.86. The Morgan fingerprint density at radius 2 is 2.12 bits per heavy atom. The number of rotatable bonds is 3. The van der Waals surface area contributed by atoms with E-state index in [9.17, 15) is 0 Å². The number of aryl methyl sites for hydroxylation is 1. The predicted octanol–water partition coefficient (Wildman–Crippen LogP) is 2.09. The zero-order chi connectivity index (χ0) is 17.1. The summed E-state index contributed by atoms with van der Waals surface area (Å²) in [6, 6.07) is 8.15. The Hall–Kier alpha value is -1.89. The normalized spacial score (nSPS) is 25.2. The van der Waals surface area contributed by atoms with Crippen molar-refractivity contribution in [3.8, 4) is 0 Å². The van der Waals surface area contributed by atoms with Gasteiger partial charge in [0.15, 0.2) is 0 Å². The second kappa shape index (κ2) is 7.15. The summed E-state index contributed by atoms with van der Waals surface area (Å²) < 4.78 is 17.9. The molecule has 0 aliphatic carbocycles. The van der Waals surface area contributed by atoms with Crippen LogP contribution < -0.4 is 4.90 Å². The summed E-state index contributed by atoms with van der Waals surface area (Å²) in [7, 11) is 0. The van der Waals surface area contributed by atoms with Crippen molar-refractivity contribution in [1.29, 1.82) is 0 Å². The molecule has 2 aromatic heterocycles. The molecule has 2 aliphatic heterocycles. The highest BCUT2D eigenvalue weighted by Crippen LogP contribution is 2.26. The molecule has 6 nitrogen and oxygen atoms in total. The van der Waals surface area contributed by atoms with Crippen LogP contribution in [0.3, 0.4) is 0 Å². The Kier molecular flexibility index (Phi) is 4.74. The largest absolute Gasteiger partial charge is 0.465 e. The Morgan fingerprint density at radius 1 is 1.16 bits per heavy atom. The van der Waals surface area contributed by atoms with Crippen LogP contribution in [-0.2, 0) is 16.0 Å². The van der Waals surface area contributed by atoms with Crippen molar-refractivity contribution in [1.82, 2.24) is 9.88 Å². The van der Waals surface area contributed by atoms with E-state index < -0.39 is 0 Å². The van der Waals surface area contributed by atoms with E-state index in [-0.39, 0.29) is 5.60 Å². The van der Waals surface area contributed by atoms with Gasteiger partial charge in [0.1, 0.15) is 17.1 Å². The molecule has 2 fully saturated rings. The van der Waals surface area contributed by atoms with Crippen molar-refractivity contribution in [2.24, 2.45) is 0 Å². The number of pyridine rings is 1. The van der Waals surface area contributed by atoms with Gasteiger partial charge in [-0.3, -0.25) is 9.88 Å². The molecule has 2 aliphatic rings. The zero-order valence-corrected chi connectivity index (χ0v) is 14.7. The maximum Gasteiger partial charge on any atom is 0.121 e. The maximum atomic E-state index is 6.25. The molecule has 0 amide bonds. The Labute approximate surface area is 148 Å². The van der Waals surface area contributed by atoms with Gasteiger partial charge < -0.3 is 18.8 Å². The van der Waals surface area contributed by atoms with Crippen LogP contribution in [0.15, 0.2) is 41.1 Å². The minimum absolute atomic E-state index is 0.313. The number of aromatic nitrogens is 1. The van der Waals surface area contributed by atoms with Crippen molar-refractivity contribution in [3.05, 3.63) is 48.2 Å². The van der Waals surface area contributed by atoms with E-state index in [0.717, 1.165) is 49.9 Å². The summed E-state index contributed by atoms with van der Waals surface area (Å²) in [4.78, 5) is 8.97. The Morgan fingerprint density at radius 3 is 2.92 bits per heavy atom. The first-order chi connectivity index (χ1) is 12.2. The molecule has 1 spiro atoms. The predicted molar refractivity (Wildman–Crippen MR) is 94.7 cm³/mol. The van der Waals surface area contributed by atoms with Gasteiger partial charge in [0.05, 0.1) is 44.8 Å². The lowest BCUT2D eigenvalue weighted by atomic mass is 10.0. The van der Waals surface area contributed by atoms with Crippen molar-refractivity contribution in [2.75, 3.05) is 50.9 Å². The van der Waals surface area contributed by atoms with Crippen LogP contribution >= 0.6 is 0 Å². The average molecular weight is 343 g/mol. The second-order valence-electron chi connectivity index (χ2n) is 6.94. The smallest absolute Gasteiger partial charge is 0.121 e. The Bertz CT molecular complexity index is 690. The lowest BCUT2D eigenvalue weighted by molar-refractivity contribution is -0.134. The van der Waals surface area contributed by atoms with Crippen LogP contribution in [0.2, 0.25) is 0 Å². The standard InChI is InChI=1S/C19H25N3O3/c1-16-4-5-18(25-16)12-21-7-10-24-19(13-21)14-22(8-9-23-15-19)17-3-2-6-20-11-17/h2-6,11H,7-10,12-15H2,1H3. The molecule has 1 unspecified atom stereocenters. The van der Waals surface area contributed by atoms with Crippen LogP contribution in [-0.4, -0.2) is 61.5 Å². The first-order valence-corrected chi connectivity index (χ1v) is 8.87. The fraction of sp³-hybridized carbons (Fsp3) is 0.526. The Balaban J connectivity index is 1.48.